The first-order valence-corrected chi connectivity index (χ1v) is 7.68. The van der Waals surface area contributed by atoms with Gasteiger partial charge < -0.3 is 0 Å². The van der Waals surface area contributed by atoms with E-state index in [-0.39, 0.29) is 0 Å². The van der Waals surface area contributed by atoms with Gasteiger partial charge in [-0.3, -0.25) is 4.90 Å². The first-order valence-electron chi connectivity index (χ1n) is 7.30. The Morgan fingerprint density at radius 1 is 1.20 bits per heavy atom. The van der Waals surface area contributed by atoms with E-state index < -0.39 is 0 Å². The Kier molecular flexibility index (Phi) is 3.70. The lowest BCUT2D eigenvalue weighted by molar-refractivity contribution is 0.127. The third-order valence-corrected chi connectivity index (χ3v) is 4.68. The largest absolute Gasteiger partial charge is 0.299 e. The van der Waals surface area contributed by atoms with Crippen LogP contribution in [-0.2, 0) is 6.54 Å². The van der Waals surface area contributed by atoms with Gasteiger partial charge in [-0.05, 0) is 43.5 Å². The first-order chi connectivity index (χ1) is 9.53. The highest BCUT2D eigenvalue weighted by Crippen LogP contribution is 2.31. The molecule has 1 aromatic carbocycles. The molecule has 2 nitrogen and oxygen atoms in total. The van der Waals surface area contributed by atoms with Crippen LogP contribution in [0, 0.1) is 5.41 Å². The van der Waals surface area contributed by atoms with Gasteiger partial charge in [0.15, 0.2) is 0 Å². The number of hydrogen-bond acceptors (Lipinski definition) is 2. The van der Waals surface area contributed by atoms with Crippen molar-refractivity contribution in [1.29, 1.82) is 0 Å². The number of halogens is 1. The Morgan fingerprint density at radius 3 is 2.65 bits per heavy atom. The van der Waals surface area contributed by atoms with Gasteiger partial charge in [-0.25, -0.2) is 4.98 Å². The molecule has 1 aliphatic heterocycles. The van der Waals surface area contributed by atoms with Crippen LogP contribution in [0.3, 0.4) is 0 Å². The molecule has 0 bridgehead atoms. The van der Waals surface area contributed by atoms with E-state index in [9.17, 15) is 0 Å². The van der Waals surface area contributed by atoms with Crippen molar-refractivity contribution in [2.24, 2.45) is 5.41 Å². The summed E-state index contributed by atoms with van der Waals surface area (Å²) in [5, 5.41) is 1.82. The van der Waals surface area contributed by atoms with Crippen LogP contribution in [0.5, 0.6) is 0 Å². The fraction of sp³-hybridized carbons (Fsp3) is 0.471. The second-order valence-electron chi connectivity index (χ2n) is 6.57. The number of nitrogens with zero attached hydrogens (tertiary/aromatic N) is 2. The van der Waals surface area contributed by atoms with Crippen LogP contribution < -0.4 is 0 Å². The summed E-state index contributed by atoms with van der Waals surface area (Å²) in [6.07, 6.45) is 2.51. The number of hydrogen-bond donors (Lipinski definition) is 0. The number of likely N-dealkylation sites (tertiary alicyclic amines) is 1. The molecule has 3 heteroatoms. The summed E-state index contributed by atoms with van der Waals surface area (Å²) in [7, 11) is 0. The minimum absolute atomic E-state index is 0.488. The molecule has 0 aliphatic carbocycles. The van der Waals surface area contributed by atoms with Crippen molar-refractivity contribution in [3.63, 3.8) is 0 Å². The zero-order chi connectivity index (χ0) is 14.2. The Bertz CT molecular complexity index is 611. The second kappa shape index (κ2) is 5.34. The highest BCUT2D eigenvalue weighted by molar-refractivity contribution is 6.30. The molecule has 1 fully saturated rings. The molecule has 20 heavy (non-hydrogen) atoms. The molecule has 0 amide bonds. The maximum atomic E-state index is 6.34. The smallest absolute Gasteiger partial charge is 0.134 e. The number of para-hydroxylation sites is 1. The van der Waals surface area contributed by atoms with E-state index in [4.69, 9.17) is 11.6 Å². The molecule has 2 aromatic rings. The Hall–Kier alpha value is -1.12. The average Bonchev–Trinajstić information content (AvgIpc) is 2.42. The normalized spacial score (nSPS) is 19.4. The van der Waals surface area contributed by atoms with Crippen molar-refractivity contribution in [3.8, 4) is 0 Å². The van der Waals surface area contributed by atoms with E-state index in [0.29, 0.717) is 10.6 Å². The summed E-state index contributed by atoms with van der Waals surface area (Å²) in [4.78, 5) is 7.00. The van der Waals surface area contributed by atoms with Crippen molar-refractivity contribution < 1.29 is 0 Å². The van der Waals surface area contributed by atoms with Crippen molar-refractivity contribution in [3.05, 3.63) is 41.0 Å². The minimum atomic E-state index is 0.488. The molecule has 3 rings (SSSR count). The number of rotatable bonds is 2. The molecule has 106 valence electrons. The second-order valence-corrected chi connectivity index (χ2v) is 6.93. The zero-order valence-corrected chi connectivity index (χ0v) is 13.0. The molecular weight excluding hydrogens is 268 g/mol. The van der Waals surface area contributed by atoms with E-state index >= 15 is 0 Å². The number of fused-ring (bicyclic) bond motifs is 1. The van der Waals surface area contributed by atoms with Crippen LogP contribution in [0.4, 0.5) is 0 Å². The topological polar surface area (TPSA) is 16.1 Å². The molecule has 0 saturated carbocycles. The van der Waals surface area contributed by atoms with Crippen molar-refractivity contribution in [2.45, 2.75) is 33.2 Å². The molecule has 0 atom stereocenters. The maximum absolute atomic E-state index is 6.34. The van der Waals surface area contributed by atoms with Crippen molar-refractivity contribution in [2.75, 3.05) is 13.1 Å². The highest BCUT2D eigenvalue weighted by atomic mass is 35.5. The third kappa shape index (κ3) is 2.97. The summed E-state index contributed by atoms with van der Waals surface area (Å²) in [6, 6.07) is 10.3. The molecule has 0 radical (unpaired) electrons. The van der Waals surface area contributed by atoms with E-state index in [0.717, 1.165) is 30.7 Å². The van der Waals surface area contributed by atoms with Gasteiger partial charge in [0.25, 0.3) is 0 Å². The summed E-state index contributed by atoms with van der Waals surface area (Å²) < 4.78 is 0. The van der Waals surface area contributed by atoms with Crippen LogP contribution in [-0.4, -0.2) is 23.0 Å². The molecule has 0 N–H and O–H groups in total. The Balaban J connectivity index is 1.79. The predicted molar refractivity (Wildman–Crippen MR) is 85.0 cm³/mol. The minimum Gasteiger partial charge on any atom is -0.299 e. The fourth-order valence-electron chi connectivity index (χ4n) is 2.80. The van der Waals surface area contributed by atoms with Gasteiger partial charge in [0.05, 0.1) is 5.52 Å². The van der Waals surface area contributed by atoms with E-state index in [1.54, 1.807) is 0 Å². The fourth-order valence-corrected chi connectivity index (χ4v) is 3.01. The van der Waals surface area contributed by atoms with Gasteiger partial charge in [-0.1, -0.05) is 43.6 Å². The number of aromatic nitrogens is 1. The number of pyridine rings is 1. The first kappa shape index (κ1) is 13.8. The van der Waals surface area contributed by atoms with Gasteiger partial charge in [0, 0.05) is 17.5 Å². The summed E-state index contributed by atoms with van der Waals surface area (Å²) >= 11 is 6.34. The molecule has 1 aromatic heterocycles. The van der Waals surface area contributed by atoms with Crippen molar-refractivity contribution in [1.82, 2.24) is 9.88 Å². The van der Waals surface area contributed by atoms with E-state index in [1.807, 2.05) is 18.2 Å². The average molecular weight is 289 g/mol. The zero-order valence-electron chi connectivity index (χ0n) is 12.2. The maximum Gasteiger partial charge on any atom is 0.134 e. The molecule has 1 aliphatic rings. The van der Waals surface area contributed by atoms with Gasteiger partial charge in [-0.15, -0.1) is 0 Å². The molecule has 0 unspecified atom stereocenters. The highest BCUT2D eigenvalue weighted by Gasteiger charge is 2.25. The van der Waals surface area contributed by atoms with Crippen LogP contribution >= 0.6 is 11.6 Å². The van der Waals surface area contributed by atoms with Crippen LogP contribution in [0.25, 0.3) is 10.9 Å². The SMILES string of the molecule is CC1(C)CCN(Cc2cc3ccccc3nc2Cl)CC1. The lowest BCUT2D eigenvalue weighted by Gasteiger charge is -2.37. The van der Waals surface area contributed by atoms with Crippen LogP contribution in [0.2, 0.25) is 5.15 Å². The summed E-state index contributed by atoms with van der Waals surface area (Å²) in [6.45, 7) is 7.92. The van der Waals surface area contributed by atoms with E-state index in [2.05, 4.69) is 35.9 Å². The van der Waals surface area contributed by atoms with Crippen LogP contribution in [0.15, 0.2) is 30.3 Å². The third-order valence-electron chi connectivity index (χ3n) is 4.35. The van der Waals surface area contributed by atoms with Gasteiger partial charge in [0.1, 0.15) is 5.15 Å². The Labute approximate surface area is 125 Å². The monoisotopic (exact) mass is 288 g/mol. The molecular formula is C17H21ClN2. The van der Waals surface area contributed by atoms with Crippen LogP contribution in [0.1, 0.15) is 32.3 Å². The lowest BCUT2D eigenvalue weighted by Crippen LogP contribution is -2.36. The quantitative estimate of drug-likeness (QED) is 0.756. The van der Waals surface area contributed by atoms with Gasteiger partial charge in [0.2, 0.25) is 0 Å². The van der Waals surface area contributed by atoms with Gasteiger partial charge >= 0.3 is 0 Å². The molecule has 1 saturated heterocycles. The summed E-state index contributed by atoms with van der Waals surface area (Å²) in [5.41, 5.74) is 2.60. The summed E-state index contributed by atoms with van der Waals surface area (Å²) in [5.74, 6) is 0. The predicted octanol–water partition coefficient (Wildman–Crippen LogP) is 4.51. The lowest BCUT2D eigenvalue weighted by atomic mass is 9.82. The number of benzene rings is 1. The standard InChI is InChI=1S/C17H21ClN2/c1-17(2)7-9-20(10-8-17)12-14-11-13-5-3-4-6-15(13)19-16(14)18/h3-6,11H,7-10,12H2,1-2H3. The molecule has 0 spiro atoms. The molecule has 2 heterocycles. The number of piperidine rings is 1. The Morgan fingerprint density at radius 2 is 1.90 bits per heavy atom. The van der Waals surface area contributed by atoms with E-state index in [1.165, 1.54) is 18.2 Å². The van der Waals surface area contributed by atoms with Gasteiger partial charge in [-0.2, -0.15) is 0 Å². The van der Waals surface area contributed by atoms with Crippen molar-refractivity contribution >= 4 is 22.5 Å².